The summed E-state index contributed by atoms with van der Waals surface area (Å²) in [6.07, 6.45) is 5.75. The van der Waals surface area contributed by atoms with Crippen LogP contribution in [0.5, 0.6) is 0 Å². The molecule has 17 heavy (non-hydrogen) atoms. The van der Waals surface area contributed by atoms with E-state index in [1.807, 2.05) is 18.7 Å². The molecular formula is C13H26N2O2. The lowest BCUT2D eigenvalue weighted by molar-refractivity contribution is -0.143. The standard InChI is InChI=1S/C13H26N2O2/c1-13(2,10-14)12(17)15(8-9-16)11-6-4-3-5-7-11/h11,16H,3-10,14H2,1-2H3. The Morgan fingerprint density at radius 1 is 1.35 bits per heavy atom. The van der Waals surface area contributed by atoms with Gasteiger partial charge in [-0.25, -0.2) is 0 Å². The Kier molecular flexibility index (Phi) is 5.40. The molecule has 1 rings (SSSR count). The van der Waals surface area contributed by atoms with Crippen LogP contribution in [0.25, 0.3) is 0 Å². The Morgan fingerprint density at radius 3 is 2.41 bits per heavy atom. The number of carbonyl (C=O) groups excluding carboxylic acids is 1. The summed E-state index contributed by atoms with van der Waals surface area (Å²) < 4.78 is 0. The third-order valence-corrected chi connectivity index (χ3v) is 3.71. The predicted octanol–water partition coefficient (Wildman–Crippen LogP) is 1.12. The average Bonchev–Trinajstić information content (AvgIpc) is 2.36. The molecule has 1 aliphatic rings. The number of carbonyl (C=O) groups is 1. The second-order valence-corrected chi connectivity index (χ2v) is 5.60. The summed E-state index contributed by atoms with van der Waals surface area (Å²) in [4.78, 5) is 14.3. The molecule has 0 heterocycles. The normalized spacial score (nSPS) is 18.1. The van der Waals surface area contributed by atoms with Gasteiger partial charge >= 0.3 is 0 Å². The first-order valence-electron chi connectivity index (χ1n) is 6.65. The Balaban J connectivity index is 2.73. The first-order chi connectivity index (χ1) is 8.03. The molecule has 0 aliphatic heterocycles. The molecule has 0 radical (unpaired) electrons. The third kappa shape index (κ3) is 3.68. The van der Waals surface area contributed by atoms with E-state index in [2.05, 4.69) is 0 Å². The highest BCUT2D eigenvalue weighted by Crippen LogP contribution is 2.26. The first-order valence-corrected chi connectivity index (χ1v) is 6.65. The summed E-state index contributed by atoms with van der Waals surface area (Å²) in [6.45, 7) is 4.57. The van der Waals surface area contributed by atoms with Crippen molar-refractivity contribution in [2.45, 2.75) is 52.0 Å². The molecule has 0 unspecified atom stereocenters. The number of amides is 1. The van der Waals surface area contributed by atoms with E-state index in [1.54, 1.807) is 0 Å². The molecule has 4 nitrogen and oxygen atoms in total. The number of aliphatic hydroxyl groups excluding tert-OH is 1. The van der Waals surface area contributed by atoms with Gasteiger partial charge in [-0.15, -0.1) is 0 Å². The lowest BCUT2D eigenvalue weighted by Gasteiger charge is -2.38. The van der Waals surface area contributed by atoms with Gasteiger partial charge in [0, 0.05) is 19.1 Å². The second kappa shape index (κ2) is 6.36. The van der Waals surface area contributed by atoms with Crippen molar-refractivity contribution in [3.05, 3.63) is 0 Å². The van der Waals surface area contributed by atoms with Crippen LogP contribution < -0.4 is 5.73 Å². The van der Waals surface area contributed by atoms with Gasteiger partial charge in [0.05, 0.1) is 12.0 Å². The summed E-state index contributed by atoms with van der Waals surface area (Å²) in [5.74, 6) is 0.0842. The van der Waals surface area contributed by atoms with Crippen molar-refractivity contribution in [3.8, 4) is 0 Å². The lowest BCUT2D eigenvalue weighted by atomic mass is 9.88. The minimum absolute atomic E-state index is 0.0306. The van der Waals surface area contributed by atoms with E-state index in [9.17, 15) is 4.79 Å². The second-order valence-electron chi connectivity index (χ2n) is 5.60. The maximum atomic E-state index is 12.4. The van der Waals surface area contributed by atoms with E-state index in [0.29, 0.717) is 19.1 Å². The molecule has 1 fully saturated rings. The number of aliphatic hydroxyl groups is 1. The van der Waals surface area contributed by atoms with E-state index in [-0.39, 0.29) is 12.5 Å². The minimum Gasteiger partial charge on any atom is -0.395 e. The van der Waals surface area contributed by atoms with E-state index in [4.69, 9.17) is 10.8 Å². The molecule has 0 spiro atoms. The van der Waals surface area contributed by atoms with Crippen LogP contribution in [0.15, 0.2) is 0 Å². The Morgan fingerprint density at radius 2 is 1.94 bits per heavy atom. The molecule has 0 bridgehead atoms. The van der Waals surface area contributed by atoms with Crippen molar-refractivity contribution < 1.29 is 9.90 Å². The summed E-state index contributed by atoms with van der Waals surface area (Å²) in [5, 5.41) is 9.13. The van der Waals surface area contributed by atoms with Gasteiger partial charge in [-0.3, -0.25) is 4.79 Å². The van der Waals surface area contributed by atoms with E-state index in [0.717, 1.165) is 12.8 Å². The van der Waals surface area contributed by atoms with E-state index >= 15 is 0 Å². The highest BCUT2D eigenvalue weighted by atomic mass is 16.3. The summed E-state index contributed by atoms with van der Waals surface area (Å²) in [7, 11) is 0. The van der Waals surface area contributed by atoms with E-state index < -0.39 is 5.41 Å². The Bertz CT molecular complexity index is 248. The maximum absolute atomic E-state index is 12.4. The average molecular weight is 242 g/mol. The van der Waals surface area contributed by atoms with Crippen LogP contribution >= 0.6 is 0 Å². The topological polar surface area (TPSA) is 66.6 Å². The van der Waals surface area contributed by atoms with Crippen LogP contribution in [0.2, 0.25) is 0 Å². The number of nitrogens with two attached hydrogens (primary N) is 1. The van der Waals surface area contributed by atoms with Gasteiger partial charge in [0.25, 0.3) is 0 Å². The zero-order valence-corrected chi connectivity index (χ0v) is 11.1. The fourth-order valence-electron chi connectivity index (χ4n) is 2.43. The largest absolute Gasteiger partial charge is 0.395 e. The predicted molar refractivity (Wildman–Crippen MR) is 68.5 cm³/mol. The van der Waals surface area contributed by atoms with Crippen molar-refractivity contribution >= 4 is 5.91 Å². The minimum atomic E-state index is -0.521. The van der Waals surface area contributed by atoms with Crippen LogP contribution in [-0.2, 0) is 4.79 Å². The molecule has 3 N–H and O–H groups in total. The number of hydrogen-bond donors (Lipinski definition) is 2. The van der Waals surface area contributed by atoms with Gasteiger partial charge in [-0.1, -0.05) is 19.3 Å². The van der Waals surface area contributed by atoms with Crippen LogP contribution in [-0.4, -0.2) is 41.7 Å². The highest BCUT2D eigenvalue weighted by molar-refractivity contribution is 5.82. The zero-order chi connectivity index (χ0) is 12.9. The quantitative estimate of drug-likeness (QED) is 0.759. The van der Waals surface area contributed by atoms with Gasteiger partial charge in [0.1, 0.15) is 0 Å². The van der Waals surface area contributed by atoms with Gasteiger partial charge in [-0.05, 0) is 26.7 Å². The lowest BCUT2D eigenvalue weighted by Crippen LogP contribution is -2.50. The SMILES string of the molecule is CC(C)(CN)C(=O)N(CCO)C1CCCCC1. The maximum Gasteiger partial charge on any atom is 0.229 e. The van der Waals surface area contributed by atoms with Crippen LogP contribution in [0.3, 0.4) is 0 Å². The molecule has 0 aromatic carbocycles. The summed E-state index contributed by atoms with van der Waals surface area (Å²) in [5.41, 5.74) is 5.14. The third-order valence-electron chi connectivity index (χ3n) is 3.71. The first kappa shape index (κ1) is 14.5. The molecule has 1 amide bonds. The van der Waals surface area contributed by atoms with Crippen molar-refractivity contribution in [1.82, 2.24) is 4.90 Å². The fourth-order valence-corrected chi connectivity index (χ4v) is 2.43. The van der Waals surface area contributed by atoms with Gasteiger partial charge < -0.3 is 15.7 Å². The summed E-state index contributed by atoms with van der Waals surface area (Å²) in [6, 6.07) is 0.300. The Hall–Kier alpha value is -0.610. The van der Waals surface area contributed by atoms with Crippen molar-refractivity contribution in [2.24, 2.45) is 11.1 Å². The molecule has 100 valence electrons. The molecule has 1 saturated carbocycles. The Labute approximate surface area is 104 Å². The molecule has 4 heteroatoms. The van der Waals surface area contributed by atoms with Crippen LogP contribution in [0.4, 0.5) is 0 Å². The van der Waals surface area contributed by atoms with Crippen molar-refractivity contribution in [2.75, 3.05) is 19.7 Å². The zero-order valence-electron chi connectivity index (χ0n) is 11.1. The van der Waals surface area contributed by atoms with Crippen molar-refractivity contribution in [3.63, 3.8) is 0 Å². The highest BCUT2D eigenvalue weighted by Gasteiger charge is 2.34. The van der Waals surface area contributed by atoms with Gasteiger partial charge in [-0.2, -0.15) is 0 Å². The molecule has 0 atom stereocenters. The smallest absolute Gasteiger partial charge is 0.229 e. The van der Waals surface area contributed by atoms with Crippen LogP contribution in [0, 0.1) is 5.41 Å². The van der Waals surface area contributed by atoms with Crippen LogP contribution in [0.1, 0.15) is 46.0 Å². The molecule has 0 aromatic rings. The van der Waals surface area contributed by atoms with E-state index in [1.165, 1.54) is 19.3 Å². The molecule has 0 saturated heterocycles. The van der Waals surface area contributed by atoms with Gasteiger partial charge in [0.2, 0.25) is 5.91 Å². The summed E-state index contributed by atoms with van der Waals surface area (Å²) >= 11 is 0. The number of rotatable bonds is 5. The van der Waals surface area contributed by atoms with Gasteiger partial charge in [0.15, 0.2) is 0 Å². The number of hydrogen-bond acceptors (Lipinski definition) is 3. The fraction of sp³-hybridized carbons (Fsp3) is 0.923. The molecule has 1 aliphatic carbocycles. The molecule has 0 aromatic heterocycles. The monoisotopic (exact) mass is 242 g/mol. The van der Waals surface area contributed by atoms with Crippen molar-refractivity contribution in [1.29, 1.82) is 0 Å². The number of nitrogens with zero attached hydrogens (tertiary/aromatic N) is 1. The molecular weight excluding hydrogens is 216 g/mol.